The first kappa shape index (κ1) is 24.7. The van der Waals surface area contributed by atoms with Crippen molar-refractivity contribution in [1.29, 1.82) is 0 Å². The van der Waals surface area contributed by atoms with Crippen LogP contribution in [0.25, 0.3) is 33.5 Å². The Bertz CT molecular complexity index is 1840. The van der Waals surface area contributed by atoms with Crippen LogP contribution in [0.2, 0.25) is 5.02 Å². The van der Waals surface area contributed by atoms with Gasteiger partial charge in [-0.2, -0.15) is 9.78 Å². The molecular weight excluding hydrogens is 516 g/mol. The molecule has 190 valence electrons. The molecule has 0 bridgehead atoms. The fourth-order valence-electron chi connectivity index (χ4n) is 3.92. The molecule has 5 aromatic rings. The summed E-state index contributed by atoms with van der Waals surface area (Å²) in [6, 6.07) is 16.0. The Morgan fingerprint density at radius 3 is 2.68 bits per heavy atom. The summed E-state index contributed by atoms with van der Waals surface area (Å²) in [4.78, 5) is 40.6. The number of fused-ring (bicyclic) bond motifs is 2. The lowest BCUT2D eigenvalue weighted by Gasteiger charge is -2.09. The van der Waals surface area contributed by atoms with E-state index in [1.54, 1.807) is 48.5 Å². The predicted octanol–water partition coefficient (Wildman–Crippen LogP) is 5.19. The van der Waals surface area contributed by atoms with E-state index in [0.717, 1.165) is 23.9 Å². The van der Waals surface area contributed by atoms with Crippen molar-refractivity contribution in [3.05, 3.63) is 91.7 Å². The van der Waals surface area contributed by atoms with Crippen molar-refractivity contribution in [2.24, 2.45) is 5.10 Å². The van der Waals surface area contributed by atoms with E-state index < -0.39 is 22.1 Å². The van der Waals surface area contributed by atoms with Crippen LogP contribution in [0.4, 0.5) is 5.69 Å². The van der Waals surface area contributed by atoms with Crippen LogP contribution in [0.5, 0.6) is 11.5 Å². The number of esters is 1. The Balaban J connectivity index is 1.75. The van der Waals surface area contributed by atoms with Crippen molar-refractivity contribution in [1.82, 2.24) is 9.66 Å². The van der Waals surface area contributed by atoms with Crippen LogP contribution in [-0.4, -0.2) is 33.9 Å². The van der Waals surface area contributed by atoms with Gasteiger partial charge in [-0.25, -0.2) is 4.98 Å². The number of nitro groups is 1. The van der Waals surface area contributed by atoms with E-state index in [0.29, 0.717) is 22.2 Å². The molecule has 38 heavy (non-hydrogen) atoms. The summed E-state index contributed by atoms with van der Waals surface area (Å²) in [6.45, 7) is 1.10. The highest BCUT2D eigenvalue weighted by atomic mass is 35.5. The number of methoxy groups -OCH3 is 1. The van der Waals surface area contributed by atoms with Crippen molar-refractivity contribution < 1.29 is 23.6 Å². The molecule has 3 aromatic carbocycles. The molecule has 0 fully saturated rings. The molecule has 11 nitrogen and oxygen atoms in total. The number of carbonyl (C=O) groups is 1. The second kappa shape index (κ2) is 9.79. The Morgan fingerprint density at radius 1 is 1.16 bits per heavy atom. The third-order valence-electron chi connectivity index (χ3n) is 5.53. The molecule has 0 unspecified atom stereocenters. The van der Waals surface area contributed by atoms with Crippen molar-refractivity contribution in [3.8, 4) is 23.1 Å². The number of hydrogen-bond donors (Lipinski definition) is 0. The molecule has 0 amide bonds. The zero-order chi connectivity index (χ0) is 27.0. The highest BCUT2D eigenvalue weighted by Crippen LogP contribution is 2.35. The van der Waals surface area contributed by atoms with Crippen molar-refractivity contribution in [2.75, 3.05) is 7.11 Å². The molecule has 2 heterocycles. The van der Waals surface area contributed by atoms with E-state index in [1.807, 2.05) is 0 Å². The van der Waals surface area contributed by atoms with Crippen molar-refractivity contribution >= 4 is 51.3 Å². The van der Waals surface area contributed by atoms with Gasteiger partial charge in [0.25, 0.3) is 5.56 Å². The average molecular weight is 533 g/mol. The van der Waals surface area contributed by atoms with Crippen LogP contribution in [-0.2, 0) is 4.79 Å². The third kappa shape index (κ3) is 4.46. The molecule has 12 heteroatoms. The van der Waals surface area contributed by atoms with Gasteiger partial charge in [-0.1, -0.05) is 29.8 Å². The molecule has 0 saturated carbocycles. The maximum Gasteiger partial charge on any atom is 0.313 e. The molecule has 0 aliphatic carbocycles. The lowest BCUT2D eigenvalue weighted by molar-refractivity contribution is -0.385. The summed E-state index contributed by atoms with van der Waals surface area (Å²) in [7, 11) is 1.53. The van der Waals surface area contributed by atoms with Gasteiger partial charge >= 0.3 is 11.7 Å². The van der Waals surface area contributed by atoms with Gasteiger partial charge in [-0.3, -0.25) is 19.7 Å². The van der Waals surface area contributed by atoms with Crippen LogP contribution in [0.1, 0.15) is 12.5 Å². The molecule has 0 aliphatic heterocycles. The quantitative estimate of drug-likeness (QED) is 0.0957. The fourth-order valence-corrected chi connectivity index (χ4v) is 4.14. The Kier molecular flexibility index (Phi) is 6.35. The number of nitrogens with zero attached hydrogens (tertiary/aromatic N) is 4. The van der Waals surface area contributed by atoms with E-state index in [9.17, 15) is 19.7 Å². The Morgan fingerprint density at radius 2 is 1.95 bits per heavy atom. The summed E-state index contributed by atoms with van der Waals surface area (Å²) >= 11 is 6.08. The van der Waals surface area contributed by atoms with Gasteiger partial charge in [0.1, 0.15) is 11.3 Å². The lowest BCUT2D eigenvalue weighted by Crippen LogP contribution is -2.20. The Hall–Kier alpha value is -5.03. The summed E-state index contributed by atoms with van der Waals surface area (Å²) in [5, 5.41) is 16.8. The lowest BCUT2D eigenvalue weighted by atomic mass is 10.2. The smallest absolute Gasteiger partial charge is 0.313 e. The summed E-state index contributed by atoms with van der Waals surface area (Å²) in [5.74, 6) is -0.303. The van der Waals surface area contributed by atoms with E-state index in [-0.39, 0.29) is 33.3 Å². The second-order valence-electron chi connectivity index (χ2n) is 7.99. The van der Waals surface area contributed by atoms with E-state index in [4.69, 9.17) is 25.5 Å². The number of nitro benzene ring substituents is 1. The number of para-hydroxylation sites is 1. The van der Waals surface area contributed by atoms with Gasteiger partial charge in [0.2, 0.25) is 11.6 Å². The normalized spacial score (nSPS) is 11.3. The van der Waals surface area contributed by atoms with Gasteiger partial charge in [0.05, 0.1) is 34.5 Å². The predicted molar refractivity (Wildman–Crippen MR) is 140 cm³/mol. The van der Waals surface area contributed by atoms with Crippen molar-refractivity contribution in [3.63, 3.8) is 0 Å². The number of aromatic nitrogens is 2. The first-order valence-corrected chi connectivity index (χ1v) is 11.4. The number of ether oxygens (including phenoxy) is 2. The van der Waals surface area contributed by atoms with Crippen molar-refractivity contribution in [2.45, 2.75) is 6.92 Å². The SMILES string of the molecule is COc1cccc2oc(-c3nc4ccccc4c(=O)n3N=Cc3cc(Cl)cc([N+](=O)[O-])c3OC(C)=O)cc12. The van der Waals surface area contributed by atoms with Gasteiger partial charge < -0.3 is 13.9 Å². The summed E-state index contributed by atoms with van der Waals surface area (Å²) in [5.41, 5.74) is -0.162. The van der Waals surface area contributed by atoms with Gasteiger partial charge in [-0.15, -0.1) is 0 Å². The highest BCUT2D eigenvalue weighted by Gasteiger charge is 2.23. The van der Waals surface area contributed by atoms with Crippen LogP contribution in [0.3, 0.4) is 0 Å². The van der Waals surface area contributed by atoms with E-state index in [2.05, 4.69) is 10.1 Å². The largest absolute Gasteiger partial charge is 0.496 e. The van der Waals surface area contributed by atoms with Crippen LogP contribution >= 0.6 is 11.6 Å². The molecule has 0 N–H and O–H groups in total. The minimum absolute atomic E-state index is 0.00244. The Labute approximate surface area is 218 Å². The molecule has 5 rings (SSSR count). The number of halogens is 1. The molecule has 0 aliphatic rings. The van der Waals surface area contributed by atoms with Crippen LogP contribution in [0.15, 0.2) is 75.0 Å². The number of benzene rings is 3. The number of furan rings is 1. The van der Waals surface area contributed by atoms with Crippen LogP contribution in [0, 0.1) is 10.1 Å². The molecule has 0 atom stereocenters. The zero-order valence-corrected chi connectivity index (χ0v) is 20.6. The maximum atomic E-state index is 13.5. The number of rotatable bonds is 6. The van der Waals surface area contributed by atoms with E-state index in [1.165, 1.54) is 13.2 Å². The van der Waals surface area contributed by atoms with Gasteiger partial charge in [0.15, 0.2) is 5.76 Å². The third-order valence-corrected chi connectivity index (χ3v) is 5.75. The minimum atomic E-state index is -0.786. The van der Waals surface area contributed by atoms with E-state index >= 15 is 0 Å². The first-order valence-electron chi connectivity index (χ1n) is 11.1. The molecule has 0 saturated heterocycles. The standard InChI is InChI=1S/C26H17ClN4O7/c1-14(32)37-24-15(10-16(27)11-20(24)31(34)35)13-28-30-25(29-19-7-4-3-6-17(19)26(30)33)23-12-18-21(36-2)8-5-9-22(18)38-23/h3-13H,1-2H3. The highest BCUT2D eigenvalue weighted by molar-refractivity contribution is 6.31. The van der Waals surface area contributed by atoms with Gasteiger partial charge in [0, 0.05) is 23.6 Å². The number of carbonyl (C=O) groups excluding carboxylic acids is 1. The van der Waals surface area contributed by atoms with Gasteiger partial charge in [-0.05, 0) is 36.4 Å². The monoisotopic (exact) mass is 532 g/mol. The zero-order valence-electron chi connectivity index (χ0n) is 19.9. The fraction of sp³-hybridized carbons (Fsp3) is 0.0769. The molecule has 0 spiro atoms. The average Bonchev–Trinajstić information content (AvgIpc) is 3.33. The minimum Gasteiger partial charge on any atom is -0.496 e. The maximum absolute atomic E-state index is 13.5. The molecule has 0 radical (unpaired) electrons. The second-order valence-corrected chi connectivity index (χ2v) is 8.43. The first-order chi connectivity index (χ1) is 18.3. The summed E-state index contributed by atoms with van der Waals surface area (Å²) in [6.07, 6.45) is 1.13. The van der Waals surface area contributed by atoms with Crippen LogP contribution < -0.4 is 15.0 Å². The topological polar surface area (TPSA) is 139 Å². The summed E-state index contributed by atoms with van der Waals surface area (Å²) < 4.78 is 17.5. The molecular formula is C26H17ClN4O7. The number of hydrogen-bond acceptors (Lipinski definition) is 9. The molecule has 2 aromatic heterocycles.